The predicted octanol–water partition coefficient (Wildman–Crippen LogP) is -0.311. The second-order valence-electron chi connectivity index (χ2n) is 3.78. The quantitative estimate of drug-likeness (QED) is 0.637. The average molecular weight is 236 g/mol. The average Bonchev–Trinajstić information content (AvgIpc) is 2.78. The standard InChI is InChI=1S/C10H16N6O/c1-16(4-5-17)3-2-11-9-8-10(13-6-12-8)15-7-14-9/h6-7,17H,2-5H2,1H3,(H2,11,12,13,14,15). The van der Waals surface area contributed by atoms with E-state index in [0.29, 0.717) is 12.2 Å². The van der Waals surface area contributed by atoms with E-state index in [0.717, 1.165) is 24.4 Å². The maximum atomic E-state index is 8.77. The van der Waals surface area contributed by atoms with E-state index in [4.69, 9.17) is 5.11 Å². The van der Waals surface area contributed by atoms with Gasteiger partial charge in [-0.25, -0.2) is 15.0 Å². The summed E-state index contributed by atoms with van der Waals surface area (Å²) in [5.74, 6) is 0.755. The van der Waals surface area contributed by atoms with Crippen molar-refractivity contribution in [2.75, 3.05) is 38.6 Å². The summed E-state index contributed by atoms with van der Waals surface area (Å²) in [5, 5.41) is 12.0. The van der Waals surface area contributed by atoms with Gasteiger partial charge < -0.3 is 20.3 Å². The Labute approximate surface area is 98.9 Å². The topological polar surface area (TPSA) is 90.0 Å². The van der Waals surface area contributed by atoms with Crippen molar-refractivity contribution in [3.63, 3.8) is 0 Å². The van der Waals surface area contributed by atoms with Crippen molar-refractivity contribution in [3.05, 3.63) is 12.7 Å². The number of nitrogens with one attached hydrogen (secondary N) is 2. The highest BCUT2D eigenvalue weighted by Gasteiger charge is 2.05. The number of aromatic nitrogens is 4. The Bertz CT molecular complexity index is 471. The van der Waals surface area contributed by atoms with Crippen molar-refractivity contribution in [1.82, 2.24) is 24.8 Å². The van der Waals surface area contributed by atoms with Crippen molar-refractivity contribution < 1.29 is 5.11 Å². The molecule has 0 atom stereocenters. The number of likely N-dealkylation sites (N-methyl/N-ethyl adjacent to an activating group) is 1. The summed E-state index contributed by atoms with van der Waals surface area (Å²) in [5.41, 5.74) is 1.48. The molecule has 0 spiro atoms. The number of hydrogen-bond acceptors (Lipinski definition) is 6. The second kappa shape index (κ2) is 5.55. The minimum Gasteiger partial charge on any atom is -0.395 e. The van der Waals surface area contributed by atoms with Crippen LogP contribution in [0.4, 0.5) is 5.82 Å². The van der Waals surface area contributed by atoms with Gasteiger partial charge in [0.05, 0.1) is 12.9 Å². The molecule has 7 nitrogen and oxygen atoms in total. The van der Waals surface area contributed by atoms with E-state index in [1.807, 2.05) is 11.9 Å². The van der Waals surface area contributed by atoms with Gasteiger partial charge in [-0.1, -0.05) is 0 Å². The zero-order valence-electron chi connectivity index (χ0n) is 9.72. The molecule has 0 saturated carbocycles. The van der Waals surface area contributed by atoms with Gasteiger partial charge in [0, 0.05) is 19.6 Å². The van der Waals surface area contributed by atoms with Crippen molar-refractivity contribution in [1.29, 1.82) is 0 Å². The van der Waals surface area contributed by atoms with Crippen LogP contribution in [0.2, 0.25) is 0 Å². The van der Waals surface area contributed by atoms with Gasteiger partial charge in [0.2, 0.25) is 0 Å². The molecule has 0 radical (unpaired) electrons. The van der Waals surface area contributed by atoms with E-state index in [-0.39, 0.29) is 6.61 Å². The van der Waals surface area contributed by atoms with E-state index in [1.54, 1.807) is 6.33 Å². The van der Waals surface area contributed by atoms with Crippen LogP contribution >= 0.6 is 0 Å². The molecule has 0 aliphatic heterocycles. The number of nitrogens with zero attached hydrogens (tertiary/aromatic N) is 4. The van der Waals surface area contributed by atoms with Gasteiger partial charge in [0.1, 0.15) is 11.8 Å². The van der Waals surface area contributed by atoms with Crippen LogP contribution in [0.5, 0.6) is 0 Å². The fourth-order valence-corrected chi connectivity index (χ4v) is 1.55. The van der Waals surface area contributed by atoms with Crippen LogP contribution in [0.25, 0.3) is 11.2 Å². The highest BCUT2D eigenvalue weighted by Crippen LogP contribution is 2.13. The SMILES string of the molecule is CN(CCO)CCNc1ncnc2nc[nH]c12. The largest absolute Gasteiger partial charge is 0.395 e. The van der Waals surface area contributed by atoms with E-state index in [1.165, 1.54) is 6.33 Å². The number of anilines is 1. The Morgan fingerprint density at radius 3 is 3.06 bits per heavy atom. The molecule has 0 bridgehead atoms. The number of aliphatic hydroxyl groups is 1. The lowest BCUT2D eigenvalue weighted by Crippen LogP contribution is -2.28. The molecule has 0 aromatic carbocycles. The van der Waals surface area contributed by atoms with Crippen LogP contribution in [-0.2, 0) is 0 Å². The molecular formula is C10H16N6O. The Kier molecular flexibility index (Phi) is 3.84. The maximum absolute atomic E-state index is 8.77. The first-order valence-corrected chi connectivity index (χ1v) is 5.48. The number of H-pyrrole nitrogens is 1. The van der Waals surface area contributed by atoms with Crippen molar-refractivity contribution in [2.45, 2.75) is 0 Å². The summed E-state index contributed by atoms with van der Waals surface area (Å²) in [6, 6.07) is 0. The number of imidazole rings is 1. The first kappa shape index (κ1) is 11.7. The molecule has 2 aromatic rings. The van der Waals surface area contributed by atoms with Gasteiger partial charge in [-0.05, 0) is 7.05 Å². The number of hydrogen-bond donors (Lipinski definition) is 3. The van der Waals surface area contributed by atoms with E-state index in [2.05, 4.69) is 25.3 Å². The highest BCUT2D eigenvalue weighted by atomic mass is 16.3. The predicted molar refractivity (Wildman–Crippen MR) is 64.8 cm³/mol. The van der Waals surface area contributed by atoms with Gasteiger partial charge in [0.15, 0.2) is 11.5 Å². The van der Waals surface area contributed by atoms with Crippen LogP contribution in [0.15, 0.2) is 12.7 Å². The molecule has 2 heterocycles. The highest BCUT2D eigenvalue weighted by molar-refractivity contribution is 5.81. The van der Waals surface area contributed by atoms with E-state index in [9.17, 15) is 0 Å². The summed E-state index contributed by atoms with van der Waals surface area (Å²) >= 11 is 0. The Morgan fingerprint density at radius 1 is 1.35 bits per heavy atom. The molecule has 0 fully saturated rings. The molecular weight excluding hydrogens is 220 g/mol. The van der Waals surface area contributed by atoms with Gasteiger partial charge >= 0.3 is 0 Å². The minimum absolute atomic E-state index is 0.175. The lowest BCUT2D eigenvalue weighted by atomic mass is 10.4. The maximum Gasteiger partial charge on any atom is 0.182 e. The molecule has 7 heteroatoms. The summed E-state index contributed by atoms with van der Waals surface area (Å²) in [6.07, 6.45) is 3.09. The number of aromatic amines is 1. The number of rotatable bonds is 6. The summed E-state index contributed by atoms with van der Waals surface area (Å²) in [7, 11) is 1.96. The summed E-state index contributed by atoms with van der Waals surface area (Å²) in [4.78, 5) is 17.3. The third-order valence-corrected chi connectivity index (χ3v) is 2.49. The smallest absolute Gasteiger partial charge is 0.182 e. The fourth-order valence-electron chi connectivity index (χ4n) is 1.55. The molecule has 0 aliphatic carbocycles. The van der Waals surface area contributed by atoms with Gasteiger partial charge in [-0.3, -0.25) is 0 Å². The first-order valence-electron chi connectivity index (χ1n) is 5.48. The molecule has 0 unspecified atom stereocenters. The second-order valence-corrected chi connectivity index (χ2v) is 3.78. The summed E-state index contributed by atoms with van der Waals surface area (Å²) < 4.78 is 0. The molecule has 0 aliphatic rings. The third-order valence-electron chi connectivity index (χ3n) is 2.49. The Balaban J connectivity index is 1.92. The van der Waals surface area contributed by atoms with Crippen LogP contribution in [0.1, 0.15) is 0 Å². The first-order chi connectivity index (χ1) is 8.31. The van der Waals surface area contributed by atoms with Gasteiger partial charge in [-0.15, -0.1) is 0 Å². The fraction of sp³-hybridized carbons (Fsp3) is 0.500. The van der Waals surface area contributed by atoms with Crippen LogP contribution in [0, 0.1) is 0 Å². The summed E-state index contributed by atoms with van der Waals surface area (Å²) in [6.45, 7) is 2.43. The normalized spacial score (nSPS) is 11.2. The molecule has 2 aromatic heterocycles. The monoisotopic (exact) mass is 236 g/mol. The zero-order valence-corrected chi connectivity index (χ0v) is 9.72. The lowest BCUT2D eigenvalue weighted by molar-refractivity contribution is 0.225. The number of aliphatic hydroxyl groups excluding tert-OH is 1. The molecule has 3 N–H and O–H groups in total. The van der Waals surface area contributed by atoms with Crippen molar-refractivity contribution in [2.24, 2.45) is 0 Å². The molecule has 92 valence electrons. The third kappa shape index (κ3) is 2.89. The van der Waals surface area contributed by atoms with Crippen molar-refractivity contribution in [3.8, 4) is 0 Å². The zero-order chi connectivity index (χ0) is 12.1. The van der Waals surface area contributed by atoms with Crippen LogP contribution in [-0.4, -0.2) is 63.2 Å². The minimum atomic E-state index is 0.175. The van der Waals surface area contributed by atoms with E-state index >= 15 is 0 Å². The van der Waals surface area contributed by atoms with E-state index < -0.39 is 0 Å². The molecule has 0 amide bonds. The van der Waals surface area contributed by atoms with Gasteiger partial charge in [-0.2, -0.15) is 0 Å². The molecule has 0 saturated heterocycles. The van der Waals surface area contributed by atoms with Crippen molar-refractivity contribution >= 4 is 17.0 Å². The van der Waals surface area contributed by atoms with Crippen LogP contribution < -0.4 is 5.32 Å². The van der Waals surface area contributed by atoms with Crippen LogP contribution in [0.3, 0.4) is 0 Å². The lowest BCUT2D eigenvalue weighted by Gasteiger charge is -2.15. The molecule has 2 rings (SSSR count). The van der Waals surface area contributed by atoms with Gasteiger partial charge in [0.25, 0.3) is 0 Å². The molecule has 17 heavy (non-hydrogen) atoms. The Morgan fingerprint density at radius 2 is 2.24 bits per heavy atom. The Hall–Kier alpha value is -1.73. The number of fused-ring (bicyclic) bond motifs is 1.